The third-order valence-electron chi connectivity index (χ3n) is 4.40. The van der Waals surface area contributed by atoms with Gasteiger partial charge in [-0.1, -0.05) is 24.3 Å². The zero-order valence-electron chi connectivity index (χ0n) is 15.3. The van der Waals surface area contributed by atoms with E-state index in [2.05, 4.69) is 53.6 Å². The third-order valence-corrected chi connectivity index (χ3v) is 4.40. The predicted octanol–water partition coefficient (Wildman–Crippen LogP) is 2.74. The van der Waals surface area contributed by atoms with Crippen molar-refractivity contribution < 1.29 is 4.74 Å². The van der Waals surface area contributed by atoms with Gasteiger partial charge in [-0.3, -0.25) is 4.90 Å². The van der Waals surface area contributed by atoms with E-state index < -0.39 is 0 Å². The summed E-state index contributed by atoms with van der Waals surface area (Å²) in [5.41, 5.74) is 2.62. The number of nitrogens with one attached hydrogen (secondary N) is 2. The van der Waals surface area contributed by atoms with Crippen molar-refractivity contribution in [3.63, 3.8) is 0 Å². The second kappa shape index (κ2) is 10.3. The fourth-order valence-corrected chi connectivity index (χ4v) is 3.03. The van der Waals surface area contributed by atoms with Crippen LogP contribution in [0.2, 0.25) is 0 Å². The summed E-state index contributed by atoms with van der Waals surface area (Å²) in [7, 11) is 0. The van der Waals surface area contributed by atoms with Gasteiger partial charge in [0.05, 0.1) is 19.3 Å². The minimum absolute atomic E-state index is 0. The van der Waals surface area contributed by atoms with Crippen LogP contribution in [0.15, 0.2) is 29.3 Å². The molecule has 1 aliphatic heterocycles. The summed E-state index contributed by atoms with van der Waals surface area (Å²) in [5.74, 6) is 0.937. The van der Waals surface area contributed by atoms with E-state index >= 15 is 0 Å². The van der Waals surface area contributed by atoms with Crippen LogP contribution in [0, 0.1) is 0 Å². The van der Waals surface area contributed by atoms with Crippen molar-refractivity contribution in [1.29, 1.82) is 0 Å². The van der Waals surface area contributed by atoms with E-state index in [1.165, 1.54) is 24.0 Å². The molecule has 3 rings (SSSR count). The second-order valence-electron chi connectivity index (χ2n) is 6.85. The summed E-state index contributed by atoms with van der Waals surface area (Å²) in [6.07, 6.45) is 2.86. The zero-order valence-corrected chi connectivity index (χ0v) is 17.7. The number of benzene rings is 1. The molecule has 1 aliphatic carbocycles. The molecule has 1 unspecified atom stereocenters. The van der Waals surface area contributed by atoms with Gasteiger partial charge in [-0.25, -0.2) is 4.99 Å². The molecule has 0 radical (unpaired) electrons. The molecular weight excluding hydrogens is 427 g/mol. The molecule has 6 heteroatoms. The summed E-state index contributed by atoms with van der Waals surface area (Å²) < 4.78 is 5.62. The van der Waals surface area contributed by atoms with E-state index in [1.807, 2.05) is 0 Å². The van der Waals surface area contributed by atoms with E-state index in [9.17, 15) is 0 Å². The van der Waals surface area contributed by atoms with Crippen LogP contribution in [-0.4, -0.2) is 49.2 Å². The SMILES string of the molecule is CCNC(=NCc1cccc(CN2CCOC(C)C2)c1)NC1CC1.I. The molecule has 140 valence electrons. The van der Waals surface area contributed by atoms with Crippen LogP contribution in [0.4, 0.5) is 0 Å². The quantitative estimate of drug-likeness (QED) is 0.391. The lowest BCUT2D eigenvalue weighted by atomic mass is 10.1. The monoisotopic (exact) mass is 458 g/mol. The highest BCUT2D eigenvalue weighted by molar-refractivity contribution is 14.0. The summed E-state index contributed by atoms with van der Waals surface area (Å²) >= 11 is 0. The van der Waals surface area contributed by atoms with Crippen molar-refractivity contribution in [2.75, 3.05) is 26.2 Å². The van der Waals surface area contributed by atoms with Crippen LogP contribution in [0.3, 0.4) is 0 Å². The lowest BCUT2D eigenvalue weighted by Crippen LogP contribution is -2.40. The molecule has 0 spiro atoms. The van der Waals surface area contributed by atoms with Crippen molar-refractivity contribution in [1.82, 2.24) is 15.5 Å². The Bertz CT molecular complexity index is 562. The van der Waals surface area contributed by atoms with Crippen molar-refractivity contribution in [3.8, 4) is 0 Å². The maximum absolute atomic E-state index is 5.62. The van der Waals surface area contributed by atoms with Crippen LogP contribution in [0.5, 0.6) is 0 Å². The van der Waals surface area contributed by atoms with Gasteiger partial charge >= 0.3 is 0 Å². The Balaban J connectivity index is 0.00000225. The van der Waals surface area contributed by atoms with Gasteiger partial charge in [-0.05, 0) is 37.8 Å². The Morgan fingerprint density at radius 1 is 1.32 bits per heavy atom. The van der Waals surface area contributed by atoms with Gasteiger partial charge in [0.1, 0.15) is 0 Å². The van der Waals surface area contributed by atoms with Crippen molar-refractivity contribution >= 4 is 29.9 Å². The van der Waals surface area contributed by atoms with E-state index in [0.717, 1.165) is 45.3 Å². The zero-order chi connectivity index (χ0) is 16.8. The van der Waals surface area contributed by atoms with Crippen molar-refractivity contribution in [2.45, 2.75) is 51.9 Å². The average molecular weight is 458 g/mol. The number of ether oxygens (including phenoxy) is 1. The highest BCUT2D eigenvalue weighted by Gasteiger charge is 2.22. The minimum atomic E-state index is 0. The fourth-order valence-electron chi connectivity index (χ4n) is 3.03. The van der Waals surface area contributed by atoms with Gasteiger partial charge in [0.15, 0.2) is 5.96 Å². The molecule has 0 bridgehead atoms. The molecule has 2 N–H and O–H groups in total. The summed E-state index contributed by atoms with van der Waals surface area (Å²) in [4.78, 5) is 7.19. The summed E-state index contributed by atoms with van der Waals surface area (Å²) in [5, 5.41) is 6.79. The smallest absolute Gasteiger partial charge is 0.191 e. The molecule has 2 fully saturated rings. The summed E-state index contributed by atoms with van der Waals surface area (Å²) in [6.45, 7) is 9.72. The maximum Gasteiger partial charge on any atom is 0.191 e. The fraction of sp³-hybridized carbons (Fsp3) is 0.632. The highest BCUT2D eigenvalue weighted by atomic mass is 127. The Labute approximate surface area is 168 Å². The number of nitrogens with zero attached hydrogens (tertiary/aromatic N) is 2. The molecule has 1 heterocycles. The molecule has 0 amide bonds. The standard InChI is InChI=1S/C19H30N4O.HI/c1-3-20-19(22-18-7-8-18)21-12-16-5-4-6-17(11-16)14-23-9-10-24-15(2)13-23;/h4-6,11,15,18H,3,7-10,12-14H2,1-2H3,(H2,20,21,22);1H. The largest absolute Gasteiger partial charge is 0.376 e. The molecule has 5 nitrogen and oxygen atoms in total. The van der Waals surface area contributed by atoms with Crippen LogP contribution in [0.25, 0.3) is 0 Å². The molecule has 1 aromatic rings. The first-order chi connectivity index (χ1) is 11.7. The van der Waals surface area contributed by atoms with Gasteiger partial charge in [-0.15, -0.1) is 24.0 Å². The molecule has 0 aromatic heterocycles. The number of aliphatic imine (C=N–C) groups is 1. The lowest BCUT2D eigenvalue weighted by Gasteiger charge is -2.31. The number of halogens is 1. The first-order valence-electron chi connectivity index (χ1n) is 9.19. The van der Waals surface area contributed by atoms with E-state index in [0.29, 0.717) is 12.1 Å². The number of morpholine rings is 1. The molecule has 25 heavy (non-hydrogen) atoms. The van der Waals surface area contributed by atoms with Gasteiger partial charge < -0.3 is 15.4 Å². The number of guanidine groups is 1. The van der Waals surface area contributed by atoms with E-state index in [1.54, 1.807) is 0 Å². The normalized spacial score (nSPS) is 21.5. The van der Waals surface area contributed by atoms with Crippen LogP contribution >= 0.6 is 24.0 Å². The molecule has 1 saturated heterocycles. The summed E-state index contributed by atoms with van der Waals surface area (Å²) in [6, 6.07) is 9.42. The number of hydrogen-bond donors (Lipinski definition) is 2. The predicted molar refractivity (Wildman–Crippen MR) is 114 cm³/mol. The Morgan fingerprint density at radius 3 is 2.84 bits per heavy atom. The Hall–Kier alpha value is -0.860. The first kappa shape index (κ1) is 20.5. The van der Waals surface area contributed by atoms with Crippen LogP contribution < -0.4 is 10.6 Å². The molecule has 1 aromatic carbocycles. The topological polar surface area (TPSA) is 48.9 Å². The number of rotatable bonds is 6. The first-order valence-corrected chi connectivity index (χ1v) is 9.19. The molecular formula is C19H31IN4O. The van der Waals surface area contributed by atoms with E-state index in [4.69, 9.17) is 9.73 Å². The van der Waals surface area contributed by atoms with Crippen LogP contribution in [0.1, 0.15) is 37.8 Å². The highest BCUT2D eigenvalue weighted by Crippen LogP contribution is 2.18. The van der Waals surface area contributed by atoms with E-state index in [-0.39, 0.29) is 24.0 Å². The van der Waals surface area contributed by atoms with Crippen molar-refractivity contribution in [3.05, 3.63) is 35.4 Å². The van der Waals surface area contributed by atoms with Gasteiger partial charge in [0, 0.05) is 32.2 Å². The van der Waals surface area contributed by atoms with Crippen molar-refractivity contribution in [2.24, 2.45) is 4.99 Å². The lowest BCUT2D eigenvalue weighted by molar-refractivity contribution is -0.0212. The molecule has 2 aliphatic rings. The van der Waals surface area contributed by atoms with Gasteiger partial charge in [0.2, 0.25) is 0 Å². The van der Waals surface area contributed by atoms with Crippen LogP contribution in [-0.2, 0) is 17.8 Å². The Kier molecular flexibility index (Phi) is 8.45. The minimum Gasteiger partial charge on any atom is -0.376 e. The van der Waals surface area contributed by atoms with Gasteiger partial charge in [0.25, 0.3) is 0 Å². The molecule has 1 atom stereocenters. The third kappa shape index (κ3) is 7.11. The number of hydrogen-bond acceptors (Lipinski definition) is 3. The Morgan fingerprint density at radius 2 is 2.12 bits per heavy atom. The second-order valence-corrected chi connectivity index (χ2v) is 6.85. The molecule has 1 saturated carbocycles. The average Bonchev–Trinajstić information content (AvgIpc) is 3.37. The maximum atomic E-state index is 5.62. The van der Waals surface area contributed by atoms with Gasteiger partial charge in [-0.2, -0.15) is 0 Å².